The van der Waals surface area contributed by atoms with E-state index in [0.29, 0.717) is 17.9 Å². The molecule has 0 saturated heterocycles. The average molecular weight is 423 g/mol. The molecular formula is C22H19BrN2O2. The summed E-state index contributed by atoms with van der Waals surface area (Å²) in [5.41, 5.74) is 5.88. The van der Waals surface area contributed by atoms with Gasteiger partial charge in [0, 0.05) is 10.0 Å². The molecule has 3 aromatic rings. The zero-order chi connectivity index (χ0) is 19.1. The Balaban J connectivity index is 1.57. The molecule has 0 fully saturated rings. The number of nitrogens with zero attached hydrogens (tertiary/aromatic N) is 1. The van der Waals surface area contributed by atoms with Crippen LogP contribution in [-0.2, 0) is 6.61 Å². The lowest BCUT2D eigenvalue weighted by atomic mass is 10.1. The van der Waals surface area contributed by atoms with E-state index in [1.165, 1.54) is 0 Å². The highest BCUT2D eigenvalue weighted by atomic mass is 79.9. The van der Waals surface area contributed by atoms with Crippen LogP contribution in [0.25, 0.3) is 0 Å². The Hall–Kier alpha value is -2.92. The molecule has 0 radical (unpaired) electrons. The molecule has 0 atom stereocenters. The van der Waals surface area contributed by atoms with Gasteiger partial charge in [0.15, 0.2) is 0 Å². The molecule has 3 aromatic carbocycles. The molecule has 1 amide bonds. The van der Waals surface area contributed by atoms with Gasteiger partial charge in [-0.1, -0.05) is 58.4 Å². The second kappa shape index (κ2) is 9.14. The van der Waals surface area contributed by atoms with Crippen molar-refractivity contribution < 1.29 is 9.53 Å². The van der Waals surface area contributed by atoms with Crippen LogP contribution in [0.4, 0.5) is 0 Å². The number of amides is 1. The minimum Gasteiger partial charge on any atom is -0.489 e. The van der Waals surface area contributed by atoms with Gasteiger partial charge in [-0.2, -0.15) is 5.10 Å². The highest BCUT2D eigenvalue weighted by molar-refractivity contribution is 9.10. The maximum atomic E-state index is 12.3. The molecule has 136 valence electrons. The van der Waals surface area contributed by atoms with E-state index in [0.717, 1.165) is 21.3 Å². The molecular weight excluding hydrogens is 404 g/mol. The molecule has 4 nitrogen and oxygen atoms in total. The first-order valence-corrected chi connectivity index (χ1v) is 9.28. The minimum absolute atomic E-state index is 0.263. The highest BCUT2D eigenvalue weighted by Crippen LogP contribution is 2.15. The smallest absolute Gasteiger partial charge is 0.271 e. The van der Waals surface area contributed by atoms with Crippen molar-refractivity contribution in [1.82, 2.24) is 5.43 Å². The molecule has 27 heavy (non-hydrogen) atoms. The van der Waals surface area contributed by atoms with Crippen LogP contribution in [-0.4, -0.2) is 11.6 Å². The molecule has 0 unspecified atom stereocenters. The van der Waals surface area contributed by atoms with Crippen LogP contribution in [0.15, 0.2) is 88.4 Å². The molecule has 0 spiro atoms. The SMILES string of the molecule is C/C(=N\NC(=O)c1ccc(OCc2ccccc2)cc1)c1ccc(Br)cc1. The van der Waals surface area contributed by atoms with Crippen LogP contribution in [0.5, 0.6) is 5.75 Å². The molecule has 0 aliphatic carbocycles. The Morgan fingerprint density at radius 2 is 1.56 bits per heavy atom. The third-order valence-electron chi connectivity index (χ3n) is 3.95. The number of ether oxygens (including phenoxy) is 1. The lowest BCUT2D eigenvalue weighted by Crippen LogP contribution is -2.19. The summed E-state index contributed by atoms with van der Waals surface area (Å²) in [6.07, 6.45) is 0. The quantitative estimate of drug-likeness (QED) is 0.439. The molecule has 0 aliphatic rings. The van der Waals surface area contributed by atoms with Crippen molar-refractivity contribution in [1.29, 1.82) is 0 Å². The van der Waals surface area contributed by atoms with Gasteiger partial charge >= 0.3 is 0 Å². The first-order chi connectivity index (χ1) is 13.1. The van der Waals surface area contributed by atoms with Crippen molar-refractivity contribution in [3.8, 4) is 5.75 Å². The van der Waals surface area contributed by atoms with E-state index in [1.54, 1.807) is 24.3 Å². The van der Waals surface area contributed by atoms with Crippen molar-refractivity contribution in [2.24, 2.45) is 5.10 Å². The van der Waals surface area contributed by atoms with Gasteiger partial charge in [-0.05, 0) is 54.4 Å². The lowest BCUT2D eigenvalue weighted by Gasteiger charge is -2.07. The Morgan fingerprint density at radius 1 is 0.926 bits per heavy atom. The summed E-state index contributed by atoms with van der Waals surface area (Å²) >= 11 is 3.40. The Morgan fingerprint density at radius 3 is 2.22 bits per heavy atom. The van der Waals surface area contributed by atoms with Crippen LogP contribution in [0, 0.1) is 0 Å². The van der Waals surface area contributed by atoms with Gasteiger partial charge < -0.3 is 4.74 Å². The normalized spacial score (nSPS) is 11.1. The number of carbonyl (C=O) groups is 1. The van der Waals surface area contributed by atoms with Crippen molar-refractivity contribution in [3.05, 3.63) is 100 Å². The van der Waals surface area contributed by atoms with E-state index in [-0.39, 0.29) is 5.91 Å². The predicted octanol–water partition coefficient (Wildman–Crippen LogP) is 5.18. The Bertz CT molecular complexity index is 921. The van der Waals surface area contributed by atoms with Gasteiger partial charge in [0.25, 0.3) is 5.91 Å². The summed E-state index contributed by atoms with van der Waals surface area (Å²) in [7, 11) is 0. The average Bonchev–Trinajstić information content (AvgIpc) is 2.72. The summed E-state index contributed by atoms with van der Waals surface area (Å²) in [6, 6.07) is 24.7. The fourth-order valence-corrected chi connectivity index (χ4v) is 2.66. The zero-order valence-corrected chi connectivity index (χ0v) is 16.4. The standard InChI is InChI=1S/C22H19BrN2O2/c1-16(18-7-11-20(23)12-8-18)24-25-22(26)19-9-13-21(14-10-19)27-15-17-5-3-2-4-6-17/h2-14H,15H2,1H3,(H,25,26)/b24-16+. The molecule has 0 bridgehead atoms. The van der Waals surface area contributed by atoms with E-state index in [4.69, 9.17) is 4.74 Å². The fraction of sp³-hybridized carbons (Fsp3) is 0.0909. The number of hydrazone groups is 1. The third kappa shape index (κ3) is 5.53. The van der Waals surface area contributed by atoms with Crippen LogP contribution in [0.2, 0.25) is 0 Å². The summed E-state index contributed by atoms with van der Waals surface area (Å²) in [4.78, 5) is 12.3. The number of hydrogen-bond donors (Lipinski definition) is 1. The number of halogens is 1. The summed E-state index contributed by atoms with van der Waals surface area (Å²) in [5.74, 6) is 0.450. The number of rotatable bonds is 6. The summed E-state index contributed by atoms with van der Waals surface area (Å²) in [5, 5.41) is 4.17. The molecule has 0 heterocycles. The number of benzene rings is 3. The highest BCUT2D eigenvalue weighted by Gasteiger charge is 2.06. The van der Waals surface area contributed by atoms with E-state index in [9.17, 15) is 4.79 Å². The van der Waals surface area contributed by atoms with Crippen molar-refractivity contribution >= 4 is 27.5 Å². The number of hydrogen-bond acceptors (Lipinski definition) is 3. The van der Waals surface area contributed by atoms with Gasteiger partial charge in [0.05, 0.1) is 5.71 Å². The summed E-state index contributed by atoms with van der Waals surface area (Å²) in [6.45, 7) is 2.34. The second-order valence-electron chi connectivity index (χ2n) is 5.94. The Labute approximate surface area is 167 Å². The number of nitrogens with one attached hydrogen (secondary N) is 1. The molecule has 0 aliphatic heterocycles. The van der Waals surface area contributed by atoms with Crippen LogP contribution < -0.4 is 10.2 Å². The van der Waals surface area contributed by atoms with Crippen LogP contribution in [0.3, 0.4) is 0 Å². The largest absolute Gasteiger partial charge is 0.489 e. The topological polar surface area (TPSA) is 50.7 Å². The van der Waals surface area contributed by atoms with Gasteiger partial charge in [-0.3, -0.25) is 4.79 Å². The van der Waals surface area contributed by atoms with E-state index >= 15 is 0 Å². The van der Waals surface area contributed by atoms with Crippen LogP contribution >= 0.6 is 15.9 Å². The van der Waals surface area contributed by atoms with Crippen LogP contribution in [0.1, 0.15) is 28.4 Å². The molecule has 0 aromatic heterocycles. The van der Waals surface area contributed by atoms with Crippen molar-refractivity contribution in [2.75, 3.05) is 0 Å². The van der Waals surface area contributed by atoms with Crippen molar-refractivity contribution in [3.63, 3.8) is 0 Å². The molecule has 0 saturated carbocycles. The third-order valence-corrected chi connectivity index (χ3v) is 4.48. The fourth-order valence-electron chi connectivity index (χ4n) is 2.40. The van der Waals surface area contributed by atoms with E-state index in [1.807, 2.05) is 61.5 Å². The van der Waals surface area contributed by atoms with Gasteiger partial charge in [0.2, 0.25) is 0 Å². The van der Waals surface area contributed by atoms with Gasteiger partial charge in [-0.25, -0.2) is 5.43 Å². The second-order valence-corrected chi connectivity index (χ2v) is 6.86. The van der Waals surface area contributed by atoms with Gasteiger partial charge in [0.1, 0.15) is 12.4 Å². The zero-order valence-electron chi connectivity index (χ0n) is 14.9. The predicted molar refractivity (Wildman–Crippen MR) is 111 cm³/mol. The first kappa shape index (κ1) is 18.9. The minimum atomic E-state index is -0.263. The van der Waals surface area contributed by atoms with E-state index < -0.39 is 0 Å². The van der Waals surface area contributed by atoms with Crippen molar-refractivity contribution in [2.45, 2.75) is 13.5 Å². The molecule has 3 rings (SSSR count). The Kier molecular flexibility index (Phi) is 6.39. The van der Waals surface area contributed by atoms with E-state index in [2.05, 4.69) is 26.5 Å². The maximum Gasteiger partial charge on any atom is 0.271 e. The summed E-state index contributed by atoms with van der Waals surface area (Å²) < 4.78 is 6.73. The number of carbonyl (C=O) groups excluding carboxylic acids is 1. The first-order valence-electron chi connectivity index (χ1n) is 8.49. The van der Waals surface area contributed by atoms with Gasteiger partial charge in [-0.15, -0.1) is 0 Å². The lowest BCUT2D eigenvalue weighted by molar-refractivity contribution is 0.0955. The maximum absolute atomic E-state index is 12.3. The molecule has 5 heteroatoms. The molecule has 1 N–H and O–H groups in total. The monoisotopic (exact) mass is 422 g/mol.